The fraction of sp³-hybridized carbons (Fsp3) is 0.217. The van der Waals surface area contributed by atoms with Gasteiger partial charge in [-0.3, -0.25) is 0 Å². The first-order valence-electron chi connectivity index (χ1n) is 10.2. The summed E-state index contributed by atoms with van der Waals surface area (Å²) in [6.45, 7) is 2.73. The van der Waals surface area contributed by atoms with Gasteiger partial charge in [0.15, 0.2) is 5.82 Å². The van der Waals surface area contributed by atoms with E-state index in [-0.39, 0.29) is 11.8 Å². The van der Waals surface area contributed by atoms with E-state index in [0.717, 1.165) is 39.8 Å². The van der Waals surface area contributed by atoms with Gasteiger partial charge in [-0.05, 0) is 61.0 Å². The van der Waals surface area contributed by atoms with Gasteiger partial charge in [0.05, 0.1) is 16.6 Å². The first-order chi connectivity index (χ1) is 15.1. The summed E-state index contributed by atoms with van der Waals surface area (Å²) in [6, 6.07) is 15.9. The second kappa shape index (κ2) is 8.19. The van der Waals surface area contributed by atoms with Crippen LogP contribution in [0.2, 0.25) is 0 Å². The van der Waals surface area contributed by atoms with E-state index < -0.39 is 0 Å². The first kappa shape index (κ1) is 19.8. The van der Waals surface area contributed by atoms with E-state index in [1.165, 1.54) is 12.1 Å². The molecule has 2 aromatic heterocycles. The molecule has 8 heteroatoms. The molecule has 1 aliphatic heterocycles. The van der Waals surface area contributed by atoms with Gasteiger partial charge in [-0.1, -0.05) is 15.9 Å². The molecule has 0 bridgehead atoms. The van der Waals surface area contributed by atoms with Gasteiger partial charge in [0.1, 0.15) is 5.82 Å². The van der Waals surface area contributed by atoms with Crippen LogP contribution < -0.4 is 10.2 Å². The first-order valence-corrected chi connectivity index (χ1v) is 11.0. The van der Waals surface area contributed by atoms with Crippen molar-refractivity contribution in [2.75, 3.05) is 36.4 Å². The van der Waals surface area contributed by atoms with Crippen LogP contribution in [0.1, 0.15) is 6.42 Å². The number of carbonyl (C=O) groups excluding carboxylic acids is 1. The molecule has 31 heavy (non-hydrogen) atoms. The van der Waals surface area contributed by atoms with Crippen molar-refractivity contribution in [1.29, 1.82) is 0 Å². The Hall–Kier alpha value is -3.13. The smallest absolute Gasteiger partial charge is 0.321 e. The Morgan fingerprint density at radius 2 is 1.84 bits per heavy atom. The third kappa shape index (κ3) is 3.95. The molecule has 0 unspecified atom stereocenters. The number of rotatable bonds is 2. The third-order valence-electron chi connectivity index (χ3n) is 5.58. The van der Waals surface area contributed by atoms with Crippen LogP contribution in [0.5, 0.6) is 0 Å². The molecule has 5 rings (SSSR count). The zero-order chi connectivity index (χ0) is 21.4. The number of nitrogens with one attached hydrogen (secondary N) is 1. The highest BCUT2D eigenvalue weighted by atomic mass is 79.9. The Morgan fingerprint density at radius 1 is 1.00 bits per heavy atom. The lowest BCUT2D eigenvalue weighted by Gasteiger charge is -2.24. The van der Waals surface area contributed by atoms with Gasteiger partial charge in [0.2, 0.25) is 0 Å². The Balaban J connectivity index is 1.37. The molecular weight excluding hydrogens is 461 g/mol. The van der Waals surface area contributed by atoms with E-state index in [1.807, 2.05) is 18.2 Å². The second-order valence-corrected chi connectivity index (χ2v) is 8.51. The number of aromatic nitrogens is 2. The maximum atomic E-state index is 13.1. The van der Waals surface area contributed by atoms with Crippen LogP contribution in [-0.4, -0.2) is 46.5 Å². The van der Waals surface area contributed by atoms with Crippen LogP contribution in [0.25, 0.3) is 16.6 Å². The average molecular weight is 482 g/mol. The molecule has 2 aromatic carbocycles. The number of nitrogens with zero attached hydrogens (tertiary/aromatic N) is 4. The predicted molar refractivity (Wildman–Crippen MR) is 124 cm³/mol. The monoisotopic (exact) mass is 481 g/mol. The molecule has 0 spiro atoms. The zero-order valence-corrected chi connectivity index (χ0v) is 18.3. The fourth-order valence-corrected chi connectivity index (χ4v) is 4.38. The quantitative estimate of drug-likeness (QED) is 0.431. The summed E-state index contributed by atoms with van der Waals surface area (Å²) in [5.74, 6) is 0.603. The molecule has 0 aliphatic carbocycles. The summed E-state index contributed by atoms with van der Waals surface area (Å²) in [5.41, 5.74) is 3.62. The number of fused-ring (bicyclic) bond motifs is 3. The second-order valence-electron chi connectivity index (χ2n) is 7.60. The van der Waals surface area contributed by atoms with Gasteiger partial charge in [-0.2, -0.15) is 0 Å². The van der Waals surface area contributed by atoms with Crippen molar-refractivity contribution in [2.24, 2.45) is 0 Å². The van der Waals surface area contributed by atoms with Gasteiger partial charge in [-0.25, -0.2) is 14.2 Å². The maximum absolute atomic E-state index is 13.1. The number of carbonyl (C=O) groups is 1. The predicted octanol–water partition coefficient (Wildman–Crippen LogP) is 5.13. The zero-order valence-electron chi connectivity index (χ0n) is 16.8. The summed E-state index contributed by atoms with van der Waals surface area (Å²) in [5, 5.41) is 2.85. The van der Waals surface area contributed by atoms with E-state index in [0.29, 0.717) is 25.3 Å². The van der Waals surface area contributed by atoms with Gasteiger partial charge in [0, 0.05) is 42.5 Å². The van der Waals surface area contributed by atoms with E-state index in [4.69, 9.17) is 4.98 Å². The van der Waals surface area contributed by atoms with E-state index in [1.54, 1.807) is 17.0 Å². The Labute approximate surface area is 187 Å². The molecule has 2 amide bonds. The van der Waals surface area contributed by atoms with E-state index >= 15 is 0 Å². The Kier molecular flexibility index (Phi) is 5.23. The molecule has 4 aromatic rings. The van der Waals surface area contributed by atoms with Crippen LogP contribution in [-0.2, 0) is 0 Å². The minimum absolute atomic E-state index is 0.170. The van der Waals surface area contributed by atoms with Crippen molar-refractivity contribution in [3.8, 4) is 0 Å². The highest BCUT2D eigenvalue weighted by molar-refractivity contribution is 9.10. The number of hydrogen-bond donors (Lipinski definition) is 1. The minimum Gasteiger partial charge on any atom is -0.353 e. The number of hydrogen-bond acceptors (Lipinski definition) is 3. The van der Waals surface area contributed by atoms with Gasteiger partial charge >= 0.3 is 6.03 Å². The largest absolute Gasteiger partial charge is 0.353 e. The normalized spacial score (nSPS) is 14.8. The average Bonchev–Trinajstić information content (AvgIpc) is 3.12. The lowest BCUT2D eigenvalue weighted by Crippen LogP contribution is -2.38. The number of anilines is 2. The molecule has 0 saturated carbocycles. The highest BCUT2D eigenvalue weighted by Gasteiger charge is 2.22. The number of urea groups is 1. The van der Waals surface area contributed by atoms with E-state index in [9.17, 15) is 9.18 Å². The summed E-state index contributed by atoms with van der Waals surface area (Å²) in [7, 11) is 0. The van der Waals surface area contributed by atoms with Crippen molar-refractivity contribution >= 4 is 50.0 Å². The summed E-state index contributed by atoms with van der Waals surface area (Å²) in [4.78, 5) is 21.7. The molecule has 0 atom stereocenters. The van der Waals surface area contributed by atoms with Crippen molar-refractivity contribution in [2.45, 2.75) is 6.42 Å². The Bertz CT molecular complexity index is 1260. The molecule has 158 valence electrons. The van der Waals surface area contributed by atoms with Crippen LogP contribution >= 0.6 is 15.9 Å². The van der Waals surface area contributed by atoms with Crippen molar-refractivity contribution < 1.29 is 9.18 Å². The summed E-state index contributed by atoms with van der Waals surface area (Å²) in [6.07, 6.45) is 2.89. The summed E-state index contributed by atoms with van der Waals surface area (Å²) >= 11 is 3.54. The molecule has 1 fully saturated rings. The molecule has 6 nitrogen and oxygen atoms in total. The number of halogens is 2. The van der Waals surface area contributed by atoms with Gasteiger partial charge in [-0.15, -0.1) is 0 Å². The standard InChI is InChI=1S/C23H21BrFN5O/c24-16-4-9-20-19(15-16)27-22(21-3-1-12-30(20)21)28-10-2-11-29(14-13-28)23(31)26-18-7-5-17(25)6-8-18/h1,3-9,12,15H,2,10-11,13-14H2,(H,26,31). The summed E-state index contributed by atoms with van der Waals surface area (Å²) < 4.78 is 16.3. The van der Waals surface area contributed by atoms with Crippen molar-refractivity contribution in [1.82, 2.24) is 14.3 Å². The third-order valence-corrected chi connectivity index (χ3v) is 6.07. The van der Waals surface area contributed by atoms with Gasteiger partial charge < -0.3 is 19.5 Å². The van der Waals surface area contributed by atoms with Crippen molar-refractivity contribution in [3.05, 3.63) is 71.1 Å². The number of amides is 2. The van der Waals surface area contributed by atoms with Gasteiger partial charge in [0.25, 0.3) is 0 Å². The van der Waals surface area contributed by atoms with Crippen LogP contribution in [0, 0.1) is 5.82 Å². The van der Waals surface area contributed by atoms with Crippen LogP contribution in [0.15, 0.2) is 65.3 Å². The van der Waals surface area contributed by atoms with Crippen molar-refractivity contribution in [3.63, 3.8) is 0 Å². The lowest BCUT2D eigenvalue weighted by atomic mass is 10.3. The Morgan fingerprint density at radius 3 is 2.68 bits per heavy atom. The maximum Gasteiger partial charge on any atom is 0.321 e. The molecular formula is C23H21BrFN5O. The lowest BCUT2D eigenvalue weighted by molar-refractivity contribution is 0.215. The highest BCUT2D eigenvalue weighted by Crippen LogP contribution is 2.28. The van der Waals surface area contributed by atoms with Crippen LogP contribution in [0.4, 0.5) is 20.7 Å². The molecule has 1 saturated heterocycles. The fourth-order valence-electron chi connectivity index (χ4n) is 4.04. The molecule has 3 heterocycles. The SMILES string of the molecule is O=C(Nc1ccc(F)cc1)N1CCCN(c2nc3cc(Br)ccc3n3cccc23)CC1. The number of benzene rings is 2. The van der Waals surface area contributed by atoms with E-state index in [2.05, 4.69) is 48.9 Å². The molecule has 1 aliphatic rings. The molecule has 0 radical (unpaired) electrons. The molecule has 1 N–H and O–H groups in total. The van der Waals surface area contributed by atoms with Crippen LogP contribution in [0.3, 0.4) is 0 Å². The topological polar surface area (TPSA) is 52.9 Å². The minimum atomic E-state index is -0.324.